The van der Waals surface area contributed by atoms with E-state index < -0.39 is 0 Å². The summed E-state index contributed by atoms with van der Waals surface area (Å²) in [5, 5.41) is 5.65. The molecule has 6 nitrogen and oxygen atoms in total. The van der Waals surface area contributed by atoms with E-state index in [0.717, 1.165) is 88.6 Å². The van der Waals surface area contributed by atoms with E-state index in [0.29, 0.717) is 17.5 Å². The molecule has 0 atom stereocenters. The van der Waals surface area contributed by atoms with Gasteiger partial charge in [-0.15, -0.1) is 0 Å². The highest BCUT2D eigenvalue weighted by Gasteiger charge is 2.19. The average Bonchev–Trinajstić information content (AvgIpc) is 3.88. The van der Waals surface area contributed by atoms with Crippen LogP contribution in [0.2, 0.25) is 0 Å². The zero-order valence-corrected chi connectivity index (χ0v) is 32.2. The Morgan fingerprint density at radius 3 is 1.62 bits per heavy atom. The Balaban J connectivity index is 1.01. The van der Waals surface area contributed by atoms with Crippen LogP contribution in [0.1, 0.15) is 0 Å². The van der Waals surface area contributed by atoms with Crippen LogP contribution in [-0.2, 0) is 0 Å². The number of rotatable bonds is 6. The van der Waals surface area contributed by atoms with Crippen molar-refractivity contribution in [1.29, 1.82) is 0 Å². The lowest BCUT2D eigenvalue weighted by Gasteiger charge is -2.12. The molecule has 12 aromatic rings. The molecular weight excluding hydrogens is 735 g/mol. The molecule has 0 unspecified atom stereocenters. The minimum atomic E-state index is 0.578. The van der Waals surface area contributed by atoms with Crippen molar-refractivity contribution in [3.63, 3.8) is 0 Å². The number of nitrogens with zero attached hydrogens (tertiary/aromatic N) is 5. The van der Waals surface area contributed by atoms with Crippen LogP contribution in [0, 0.1) is 0 Å². The first-order chi connectivity index (χ1) is 29.7. The fraction of sp³-hybridized carbons (Fsp3) is 0. The summed E-state index contributed by atoms with van der Waals surface area (Å²) in [5.74, 6) is 1.76. The predicted octanol–water partition coefficient (Wildman–Crippen LogP) is 13.8. The molecule has 0 spiro atoms. The molecule has 4 aromatic heterocycles. The van der Waals surface area contributed by atoms with Crippen molar-refractivity contribution >= 4 is 54.6 Å². The van der Waals surface area contributed by atoms with Crippen LogP contribution in [-0.4, -0.2) is 24.5 Å². The maximum absolute atomic E-state index is 6.52. The molecule has 0 aliphatic carbocycles. The minimum Gasteiger partial charge on any atom is -0.454 e. The van der Waals surface area contributed by atoms with Gasteiger partial charge in [0.25, 0.3) is 0 Å². The Morgan fingerprint density at radius 1 is 0.350 bits per heavy atom. The first-order valence-corrected chi connectivity index (χ1v) is 20.1. The Bertz CT molecular complexity index is 3550. The monoisotopic (exact) mass is 767 g/mol. The van der Waals surface area contributed by atoms with Crippen molar-refractivity contribution in [1.82, 2.24) is 24.5 Å². The summed E-state index contributed by atoms with van der Waals surface area (Å²) in [6, 6.07) is 69.1. The number of pyridine rings is 1. The van der Waals surface area contributed by atoms with Gasteiger partial charge in [-0.05, 0) is 53.6 Å². The fourth-order valence-electron chi connectivity index (χ4n) is 8.62. The average molecular weight is 768 g/mol. The van der Waals surface area contributed by atoms with Crippen molar-refractivity contribution in [3.8, 4) is 62.2 Å². The highest BCUT2D eigenvalue weighted by Crippen LogP contribution is 2.40. The summed E-state index contributed by atoms with van der Waals surface area (Å²) >= 11 is 0. The molecular formula is C54H33N5O. The lowest BCUT2D eigenvalue weighted by atomic mass is 10.0. The van der Waals surface area contributed by atoms with Gasteiger partial charge >= 0.3 is 0 Å². The lowest BCUT2D eigenvalue weighted by molar-refractivity contribution is 0.669. The van der Waals surface area contributed by atoms with E-state index in [4.69, 9.17) is 24.4 Å². The lowest BCUT2D eigenvalue weighted by Crippen LogP contribution is -2.01. The molecule has 0 amide bonds. The Hall–Kier alpha value is -8.22. The third kappa shape index (κ3) is 5.57. The summed E-state index contributed by atoms with van der Waals surface area (Å²) < 4.78 is 8.84. The zero-order chi connectivity index (χ0) is 39.6. The second kappa shape index (κ2) is 13.7. The van der Waals surface area contributed by atoms with Gasteiger partial charge in [0.05, 0.1) is 16.6 Å². The largest absolute Gasteiger partial charge is 0.454 e. The SMILES string of the molecule is c1ccc(-c2cccc(-c3nc(-c4ccc(-c5nc6ccccc6c6c5oc5ccccc56)cc4)nc(-c4cccc(-n5c6ccccc6c6ccccc65)c4)n3)c2)cc1. The standard InChI is InChI=1S/C54H33N5O/c1-2-14-34(15-3-1)37-16-12-17-38(32-37)53-56-52(57-54(58-53)39-18-13-19-40(33-39)59-46-25-9-5-20-41(46)42-21-6-10-26-47(42)59)36-30-28-35(29-31-36)50-51-49(43-22-4-8-24-45(43)55-50)44-23-7-11-27-48(44)60-51/h1-33H. The first-order valence-electron chi connectivity index (χ1n) is 20.1. The smallest absolute Gasteiger partial charge is 0.164 e. The quantitative estimate of drug-likeness (QED) is 0.168. The number of aromatic nitrogens is 5. The van der Waals surface area contributed by atoms with Crippen molar-refractivity contribution < 1.29 is 4.42 Å². The summed E-state index contributed by atoms with van der Waals surface area (Å²) in [5.41, 5.74) is 12.5. The van der Waals surface area contributed by atoms with E-state index in [1.807, 2.05) is 24.3 Å². The van der Waals surface area contributed by atoms with Crippen LogP contribution in [0.3, 0.4) is 0 Å². The number of hydrogen-bond donors (Lipinski definition) is 0. The highest BCUT2D eigenvalue weighted by molar-refractivity contribution is 6.20. The molecule has 280 valence electrons. The topological polar surface area (TPSA) is 69.6 Å². The van der Waals surface area contributed by atoms with Gasteiger partial charge in [0, 0.05) is 54.9 Å². The molecule has 0 N–H and O–H groups in total. The van der Waals surface area contributed by atoms with Gasteiger partial charge in [-0.1, -0.05) is 158 Å². The van der Waals surface area contributed by atoms with Gasteiger partial charge in [-0.3, -0.25) is 0 Å². The number of benzene rings is 8. The van der Waals surface area contributed by atoms with Gasteiger partial charge in [0.2, 0.25) is 0 Å². The third-order valence-electron chi connectivity index (χ3n) is 11.4. The third-order valence-corrected chi connectivity index (χ3v) is 11.4. The van der Waals surface area contributed by atoms with Crippen molar-refractivity contribution in [2.45, 2.75) is 0 Å². The molecule has 0 radical (unpaired) electrons. The predicted molar refractivity (Wildman–Crippen MR) is 244 cm³/mol. The molecule has 60 heavy (non-hydrogen) atoms. The summed E-state index contributed by atoms with van der Waals surface area (Å²) in [7, 11) is 0. The molecule has 0 fully saturated rings. The van der Waals surface area contributed by atoms with Gasteiger partial charge in [-0.2, -0.15) is 0 Å². The van der Waals surface area contributed by atoms with Crippen molar-refractivity contribution in [3.05, 3.63) is 200 Å². The maximum atomic E-state index is 6.52. The van der Waals surface area contributed by atoms with Crippen LogP contribution in [0.4, 0.5) is 0 Å². The summed E-state index contributed by atoms with van der Waals surface area (Å²) in [6.45, 7) is 0. The van der Waals surface area contributed by atoms with Crippen LogP contribution >= 0.6 is 0 Å². The van der Waals surface area contributed by atoms with E-state index in [-0.39, 0.29) is 0 Å². The van der Waals surface area contributed by atoms with Crippen molar-refractivity contribution in [2.24, 2.45) is 0 Å². The van der Waals surface area contributed by atoms with Gasteiger partial charge in [0.1, 0.15) is 11.3 Å². The van der Waals surface area contributed by atoms with Gasteiger partial charge in [0.15, 0.2) is 23.1 Å². The molecule has 0 saturated heterocycles. The molecule has 0 bridgehead atoms. The number of furan rings is 1. The zero-order valence-electron chi connectivity index (χ0n) is 32.2. The van der Waals surface area contributed by atoms with Crippen LogP contribution < -0.4 is 0 Å². The molecule has 8 aromatic carbocycles. The number of para-hydroxylation sites is 4. The minimum absolute atomic E-state index is 0.578. The Kier molecular flexibility index (Phi) is 7.74. The number of hydrogen-bond acceptors (Lipinski definition) is 5. The van der Waals surface area contributed by atoms with E-state index in [2.05, 4.69) is 180 Å². The normalized spacial score (nSPS) is 11.7. The van der Waals surface area contributed by atoms with Gasteiger partial charge in [-0.25, -0.2) is 19.9 Å². The second-order valence-corrected chi connectivity index (χ2v) is 15.0. The van der Waals surface area contributed by atoms with Crippen molar-refractivity contribution in [2.75, 3.05) is 0 Å². The highest BCUT2D eigenvalue weighted by atomic mass is 16.3. The number of fused-ring (bicyclic) bond motifs is 8. The summed E-state index contributed by atoms with van der Waals surface area (Å²) in [4.78, 5) is 20.7. The maximum Gasteiger partial charge on any atom is 0.164 e. The Morgan fingerprint density at radius 2 is 0.883 bits per heavy atom. The molecule has 0 saturated carbocycles. The molecule has 0 aliphatic heterocycles. The van der Waals surface area contributed by atoms with E-state index in [1.165, 1.54) is 10.8 Å². The van der Waals surface area contributed by atoms with Crippen LogP contribution in [0.5, 0.6) is 0 Å². The van der Waals surface area contributed by atoms with E-state index in [1.54, 1.807) is 0 Å². The molecule has 12 rings (SSSR count). The Labute approximate surface area is 344 Å². The van der Waals surface area contributed by atoms with Crippen LogP contribution in [0.15, 0.2) is 205 Å². The molecule has 4 heterocycles. The molecule has 6 heteroatoms. The fourth-order valence-corrected chi connectivity index (χ4v) is 8.62. The van der Waals surface area contributed by atoms with E-state index >= 15 is 0 Å². The summed E-state index contributed by atoms with van der Waals surface area (Å²) in [6.07, 6.45) is 0. The van der Waals surface area contributed by atoms with E-state index in [9.17, 15) is 0 Å². The van der Waals surface area contributed by atoms with Crippen LogP contribution in [0.25, 0.3) is 117 Å². The first kappa shape index (κ1) is 33.9. The molecule has 0 aliphatic rings. The second-order valence-electron chi connectivity index (χ2n) is 15.0. The van der Waals surface area contributed by atoms with Gasteiger partial charge < -0.3 is 8.98 Å².